The van der Waals surface area contributed by atoms with Gasteiger partial charge in [-0.25, -0.2) is 4.79 Å². The Morgan fingerprint density at radius 2 is 2.29 bits per heavy atom. The molecule has 1 aromatic heterocycles. The predicted molar refractivity (Wildman–Crippen MR) is 82.4 cm³/mol. The predicted octanol–water partition coefficient (Wildman–Crippen LogP) is 2.95. The van der Waals surface area contributed by atoms with Gasteiger partial charge in [-0.3, -0.25) is 4.79 Å². The SMILES string of the molecule is CC(c1cccs1)N(C)C(=O)NCC1CCCC1C(=O)O. The van der Waals surface area contributed by atoms with Gasteiger partial charge in [0.25, 0.3) is 0 Å². The molecule has 1 aromatic rings. The monoisotopic (exact) mass is 310 g/mol. The van der Waals surface area contributed by atoms with Crippen molar-refractivity contribution in [2.75, 3.05) is 13.6 Å². The third kappa shape index (κ3) is 3.75. The summed E-state index contributed by atoms with van der Waals surface area (Å²) < 4.78 is 0. The van der Waals surface area contributed by atoms with E-state index in [1.807, 2.05) is 24.4 Å². The Kier molecular flexibility index (Phi) is 5.22. The molecule has 1 heterocycles. The number of hydrogen-bond donors (Lipinski definition) is 2. The highest BCUT2D eigenvalue weighted by atomic mass is 32.1. The van der Waals surface area contributed by atoms with E-state index in [4.69, 9.17) is 5.11 Å². The molecule has 0 radical (unpaired) electrons. The summed E-state index contributed by atoms with van der Waals surface area (Å²) in [6.07, 6.45) is 2.53. The van der Waals surface area contributed by atoms with Gasteiger partial charge in [0.1, 0.15) is 0 Å². The molecule has 2 N–H and O–H groups in total. The van der Waals surface area contributed by atoms with Crippen LogP contribution in [0.2, 0.25) is 0 Å². The van der Waals surface area contributed by atoms with Crippen LogP contribution >= 0.6 is 11.3 Å². The summed E-state index contributed by atoms with van der Waals surface area (Å²) in [4.78, 5) is 26.1. The smallest absolute Gasteiger partial charge is 0.317 e. The molecule has 116 valence electrons. The van der Waals surface area contributed by atoms with Gasteiger partial charge in [0.2, 0.25) is 0 Å². The van der Waals surface area contributed by atoms with E-state index in [2.05, 4.69) is 5.32 Å². The van der Waals surface area contributed by atoms with E-state index in [0.29, 0.717) is 6.54 Å². The zero-order chi connectivity index (χ0) is 15.4. The fraction of sp³-hybridized carbons (Fsp3) is 0.600. The lowest BCUT2D eigenvalue weighted by Gasteiger charge is -2.25. The first-order valence-electron chi connectivity index (χ1n) is 7.27. The van der Waals surface area contributed by atoms with E-state index in [1.54, 1.807) is 23.3 Å². The lowest BCUT2D eigenvalue weighted by molar-refractivity contribution is -0.142. The molecule has 21 heavy (non-hydrogen) atoms. The fourth-order valence-corrected chi connectivity index (χ4v) is 3.67. The van der Waals surface area contributed by atoms with Gasteiger partial charge in [0, 0.05) is 18.5 Å². The average molecular weight is 310 g/mol. The molecular formula is C15H22N2O3S. The molecule has 3 unspecified atom stereocenters. The molecule has 0 saturated heterocycles. The first-order valence-corrected chi connectivity index (χ1v) is 8.15. The van der Waals surface area contributed by atoms with Crippen molar-refractivity contribution in [2.45, 2.75) is 32.2 Å². The summed E-state index contributed by atoms with van der Waals surface area (Å²) in [7, 11) is 1.77. The molecule has 2 amide bonds. The second-order valence-electron chi connectivity index (χ2n) is 5.62. The average Bonchev–Trinajstić information content (AvgIpc) is 3.13. The maximum atomic E-state index is 12.2. The summed E-state index contributed by atoms with van der Waals surface area (Å²) in [6, 6.07) is 3.85. The number of thiophene rings is 1. The molecule has 0 aliphatic heterocycles. The number of nitrogens with zero attached hydrogens (tertiary/aromatic N) is 1. The van der Waals surface area contributed by atoms with Gasteiger partial charge < -0.3 is 15.3 Å². The van der Waals surface area contributed by atoms with E-state index in [0.717, 1.165) is 24.1 Å². The molecular weight excluding hydrogens is 288 g/mol. The zero-order valence-electron chi connectivity index (χ0n) is 12.4. The molecule has 0 spiro atoms. The number of carboxylic acids is 1. The molecule has 6 heteroatoms. The largest absolute Gasteiger partial charge is 0.481 e. The minimum atomic E-state index is -0.743. The van der Waals surface area contributed by atoms with E-state index in [9.17, 15) is 9.59 Å². The maximum absolute atomic E-state index is 12.2. The molecule has 2 rings (SSSR count). The van der Waals surface area contributed by atoms with Crippen molar-refractivity contribution in [1.29, 1.82) is 0 Å². The van der Waals surface area contributed by atoms with Gasteiger partial charge >= 0.3 is 12.0 Å². The van der Waals surface area contributed by atoms with Gasteiger partial charge in [0.05, 0.1) is 12.0 Å². The number of urea groups is 1. The van der Waals surface area contributed by atoms with Crippen LogP contribution in [-0.4, -0.2) is 35.6 Å². The number of nitrogens with one attached hydrogen (secondary N) is 1. The van der Waals surface area contributed by atoms with E-state index < -0.39 is 5.97 Å². The number of carbonyl (C=O) groups excluding carboxylic acids is 1. The summed E-state index contributed by atoms with van der Waals surface area (Å²) in [5.74, 6) is -1.01. The first-order chi connectivity index (χ1) is 10.0. The topological polar surface area (TPSA) is 69.6 Å². The van der Waals surface area contributed by atoms with Crippen molar-refractivity contribution >= 4 is 23.3 Å². The third-order valence-electron chi connectivity index (χ3n) is 4.35. The Labute approximate surface area is 129 Å². The van der Waals surface area contributed by atoms with Crippen LogP contribution in [0.15, 0.2) is 17.5 Å². The second-order valence-corrected chi connectivity index (χ2v) is 6.60. The number of rotatable bonds is 5. The van der Waals surface area contributed by atoms with Gasteiger partial charge in [0.15, 0.2) is 0 Å². The van der Waals surface area contributed by atoms with Crippen molar-refractivity contribution in [1.82, 2.24) is 10.2 Å². The summed E-state index contributed by atoms with van der Waals surface area (Å²) in [6.45, 7) is 2.43. The van der Waals surface area contributed by atoms with Crippen LogP contribution in [0, 0.1) is 11.8 Å². The summed E-state index contributed by atoms with van der Waals surface area (Å²) >= 11 is 1.63. The Morgan fingerprint density at radius 3 is 2.90 bits per heavy atom. The maximum Gasteiger partial charge on any atom is 0.317 e. The number of carbonyl (C=O) groups is 2. The van der Waals surface area contributed by atoms with Crippen LogP contribution in [0.25, 0.3) is 0 Å². The van der Waals surface area contributed by atoms with Crippen LogP contribution < -0.4 is 5.32 Å². The number of amides is 2. The molecule has 1 fully saturated rings. The van der Waals surface area contributed by atoms with Crippen molar-refractivity contribution in [3.63, 3.8) is 0 Å². The lowest BCUT2D eigenvalue weighted by Crippen LogP contribution is -2.41. The molecule has 0 aromatic carbocycles. The van der Waals surface area contributed by atoms with Gasteiger partial charge in [-0.2, -0.15) is 0 Å². The second kappa shape index (κ2) is 6.93. The highest BCUT2D eigenvalue weighted by molar-refractivity contribution is 7.10. The minimum Gasteiger partial charge on any atom is -0.481 e. The number of hydrogen-bond acceptors (Lipinski definition) is 3. The number of carboxylic acid groups (broad SMARTS) is 1. The number of aliphatic carboxylic acids is 1. The zero-order valence-corrected chi connectivity index (χ0v) is 13.2. The Bertz CT molecular complexity index is 489. The van der Waals surface area contributed by atoms with Crippen LogP contribution in [-0.2, 0) is 4.79 Å². The van der Waals surface area contributed by atoms with E-state index in [-0.39, 0.29) is 23.9 Å². The summed E-state index contributed by atoms with van der Waals surface area (Å²) in [5, 5.41) is 14.0. The Hall–Kier alpha value is -1.56. The third-order valence-corrected chi connectivity index (χ3v) is 5.39. The Morgan fingerprint density at radius 1 is 1.52 bits per heavy atom. The molecule has 1 saturated carbocycles. The minimum absolute atomic E-state index is 0.0175. The lowest BCUT2D eigenvalue weighted by atomic mass is 9.96. The standard InChI is InChI=1S/C15H22N2O3S/c1-10(13-7-4-8-21-13)17(2)15(20)16-9-11-5-3-6-12(11)14(18)19/h4,7-8,10-12H,3,5-6,9H2,1-2H3,(H,16,20)(H,18,19). The van der Waals surface area contributed by atoms with Crippen LogP contribution in [0.3, 0.4) is 0 Å². The van der Waals surface area contributed by atoms with E-state index >= 15 is 0 Å². The normalized spacial score (nSPS) is 22.8. The van der Waals surface area contributed by atoms with Crippen molar-refractivity contribution < 1.29 is 14.7 Å². The highest BCUT2D eigenvalue weighted by Crippen LogP contribution is 2.31. The Balaban J connectivity index is 1.85. The molecule has 1 aliphatic carbocycles. The molecule has 1 aliphatic rings. The highest BCUT2D eigenvalue weighted by Gasteiger charge is 2.33. The fourth-order valence-electron chi connectivity index (χ4n) is 2.85. The molecule has 5 nitrogen and oxygen atoms in total. The quantitative estimate of drug-likeness (QED) is 0.878. The van der Waals surface area contributed by atoms with Crippen LogP contribution in [0.4, 0.5) is 4.79 Å². The molecule has 3 atom stereocenters. The molecule has 0 bridgehead atoms. The van der Waals surface area contributed by atoms with Crippen molar-refractivity contribution in [3.05, 3.63) is 22.4 Å². The van der Waals surface area contributed by atoms with Crippen molar-refractivity contribution in [3.8, 4) is 0 Å². The summed E-state index contributed by atoms with van der Waals surface area (Å²) in [5.41, 5.74) is 0. The first kappa shape index (κ1) is 15.8. The van der Waals surface area contributed by atoms with Crippen LogP contribution in [0.1, 0.15) is 37.1 Å². The van der Waals surface area contributed by atoms with Gasteiger partial charge in [-0.05, 0) is 37.1 Å². The van der Waals surface area contributed by atoms with Crippen molar-refractivity contribution in [2.24, 2.45) is 11.8 Å². The van der Waals surface area contributed by atoms with Crippen LogP contribution in [0.5, 0.6) is 0 Å². The van der Waals surface area contributed by atoms with Gasteiger partial charge in [-0.15, -0.1) is 11.3 Å². The van der Waals surface area contributed by atoms with Gasteiger partial charge in [-0.1, -0.05) is 12.5 Å². The van der Waals surface area contributed by atoms with E-state index in [1.165, 1.54) is 0 Å².